The van der Waals surface area contributed by atoms with Crippen LogP contribution in [0.2, 0.25) is 0 Å². The molecule has 0 radical (unpaired) electrons. The molecule has 2 aliphatic heterocycles. The smallest absolute Gasteiger partial charge is 0.0996 e. The number of benzene rings is 1. The molecule has 2 heterocycles. The summed E-state index contributed by atoms with van der Waals surface area (Å²) in [5.74, 6) is 0. The number of ether oxygens (including phenoxy) is 1. The number of hydrogen-bond acceptors (Lipinski definition) is 4. The molecule has 1 atom stereocenters. The first-order valence-corrected chi connectivity index (χ1v) is 9.66. The van der Waals surface area contributed by atoms with Crippen molar-refractivity contribution >= 4 is 11.9 Å². The molecule has 0 spiro atoms. The number of aryl methyl sites for hydroxylation is 3. The maximum Gasteiger partial charge on any atom is 0.0996 e. The van der Waals surface area contributed by atoms with Gasteiger partial charge in [0.1, 0.15) is 0 Å². The van der Waals surface area contributed by atoms with Gasteiger partial charge in [-0.05, 0) is 70.0 Å². The Morgan fingerprint density at radius 2 is 1.65 bits per heavy atom. The fraction of sp³-hybridized carbons (Fsp3) is 0.684. The lowest BCUT2D eigenvalue weighted by Crippen LogP contribution is -2.47. The topological polar surface area (TPSA) is 15.7 Å². The molecule has 1 unspecified atom stereocenters. The Kier molecular flexibility index (Phi) is 5.68. The van der Waals surface area contributed by atoms with Crippen molar-refractivity contribution < 1.29 is 4.74 Å². The van der Waals surface area contributed by atoms with E-state index >= 15 is 0 Å². The second kappa shape index (κ2) is 7.56. The summed E-state index contributed by atoms with van der Waals surface area (Å²) in [4.78, 5) is 3.99. The summed E-state index contributed by atoms with van der Waals surface area (Å²) in [5.41, 5.74) is 4.18. The van der Waals surface area contributed by atoms with E-state index in [0.717, 1.165) is 6.73 Å². The molecule has 4 heteroatoms. The van der Waals surface area contributed by atoms with Crippen LogP contribution in [-0.2, 0) is 4.74 Å². The minimum absolute atomic E-state index is 0.439. The average molecular weight is 335 g/mol. The van der Waals surface area contributed by atoms with E-state index in [0.29, 0.717) is 12.1 Å². The largest absolute Gasteiger partial charge is 0.363 e. The molecule has 0 saturated carbocycles. The minimum atomic E-state index is 0.439. The first-order valence-electron chi connectivity index (χ1n) is 8.89. The highest BCUT2D eigenvalue weighted by Gasteiger charge is 2.28. The van der Waals surface area contributed by atoms with E-state index in [9.17, 15) is 0 Å². The lowest BCUT2D eigenvalue weighted by atomic mass is 10.0. The van der Waals surface area contributed by atoms with Gasteiger partial charge in [0, 0.05) is 30.6 Å². The van der Waals surface area contributed by atoms with Gasteiger partial charge in [-0.15, -0.1) is 0 Å². The number of hydrogen-bond donors (Lipinski definition) is 0. The van der Waals surface area contributed by atoms with Crippen molar-refractivity contribution in [3.8, 4) is 0 Å². The van der Waals surface area contributed by atoms with E-state index in [1.807, 2.05) is 11.9 Å². The van der Waals surface area contributed by atoms with Gasteiger partial charge < -0.3 is 4.74 Å². The summed E-state index contributed by atoms with van der Waals surface area (Å²) < 4.78 is 8.37. The van der Waals surface area contributed by atoms with Gasteiger partial charge in [0.15, 0.2) is 0 Å². The van der Waals surface area contributed by atoms with Crippen molar-refractivity contribution in [3.05, 3.63) is 28.8 Å². The molecule has 2 saturated heterocycles. The number of rotatable bonds is 3. The van der Waals surface area contributed by atoms with Gasteiger partial charge in [-0.25, -0.2) is 4.31 Å². The molecule has 3 nitrogen and oxygen atoms in total. The lowest BCUT2D eigenvalue weighted by molar-refractivity contribution is -0.0827. The molecule has 0 aliphatic carbocycles. The minimum Gasteiger partial charge on any atom is -0.363 e. The molecule has 2 fully saturated rings. The Hall–Kier alpha value is -0.550. The molecule has 0 aromatic heterocycles. The van der Waals surface area contributed by atoms with Crippen LogP contribution in [0.3, 0.4) is 0 Å². The Morgan fingerprint density at radius 1 is 1.00 bits per heavy atom. The normalized spacial score (nSPS) is 25.0. The zero-order chi connectivity index (χ0) is 16.4. The highest BCUT2D eigenvalue weighted by atomic mass is 32.2. The van der Waals surface area contributed by atoms with Gasteiger partial charge >= 0.3 is 0 Å². The zero-order valence-electron chi connectivity index (χ0n) is 15.0. The molecular formula is C19H30N2OS. The van der Waals surface area contributed by atoms with Gasteiger partial charge in [-0.1, -0.05) is 17.7 Å². The summed E-state index contributed by atoms with van der Waals surface area (Å²) in [6, 6.07) is 5.31. The second-order valence-corrected chi connectivity index (χ2v) is 8.29. The highest BCUT2D eigenvalue weighted by molar-refractivity contribution is 7.97. The van der Waals surface area contributed by atoms with Crippen molar-refractivity contribution in [1.29, 1.82) is 0 Å². The van der Waals surface area contributed by atoms with Crippen molar-refractivity contribution in [2.45, 2.75) is 64.0 Å². The molecule has 2 aliphatic rings. The average Bonchev–Trinajstić information content (AvgIpc) is 2.52. The molecule has 0 bridgehead atoms. The first kappa shape index (κ1) is 17.3. The zero-order valence-corrected chi connectivity index (χ0v) is 15.8. The predicted octanol–water partition coefficient (Wildman–Crippen LogP) is 4.15. The standard InChI is InChI=1S/C19H30N2OS/c1-14-11-15(2)19(16(3)12-14)23-21-9-6-18(7-10-21)20-8-5-17(4)22-13-20/h11-12,17-18H,5-10,13H2,1-4H3. The van der Waals surface area contributed by atoms with Crippen LogP contribution in [0.4, 0.5) is 0 Å². The molecule has 3 rings (SSSR count). The van der Waals surface area contributed by atoms with Crippen LogP contribution in [0, 0.1) is 20.8 Å². The van der Waals surface area contributed by atoms with Crippen LogP contribution in [0.5, 0.6) is 0 Å². The molecule has 0 N–H and O–H groups in total. The summed E-state index contributed by atoms with van der Waals surface area (Å²) in [6.45, 7) is 13.2. The molecule has 1 aromatic rings. The first-order chi connectivity index (χ1) is 11.0. The lowest BCUT2D eigenvalue weighted by Gasteiger charge is -2.40. The fourth-order valence-electron chi connectivity index (χ4n) is 3.74. The van der Waals surface area contributed by atoms with Gasteiger partial charge in [0.2, 0.25) is 0 Å². The monoisotopic (exact) mass is 334 g/mol. The van der Waals surface area contributed by atoms with Gasteiger partial charge in [-0.2, -0.15) is 0 Å². The van der Waals surface area contributed by atoms with E-state index in [4.69, 9.17) is 4.74 Å². The van der Waals surface area contributed by atoms with Gasteiger partial charge in [0.25, 0.3) is 0 Å². The predicted molar refractivity (Wildman–Crippen MR) is 97.8 cm³/mol. The van der Waals surface area contributed by atoms with Crippen LogP contribution in [0.1, 0.15) is 42.9 Å². The summed E-state index contributed by atoms with van der Waals surface area (Å²) in [6.07, 6.45) is 4.13. The molecule has 1 aromatic carbocycles. The maximum absolute atomic E-state index is 5.82. The van der Waals surface area contributed by atoms with Crippen molar-refractivity contribution in [2.24, 2.45) is 0 Å². The van der Waals surface area contributed by atoms with E-state index < -0.39 is 0 Å². The quantitative estimate of drug-likeness (QED) is 0.771. The Labute approximate surface area is 145 Å². The molecule has 23 heavy (non-hydrogen) atoms. The number of piperidine rings is 1. The van der Waals surface area contributed by atoms with Crippen molar-refractivity contribution in [2.75, 3.05) is 26.4 Å². The van der Waals surface area contributed by atoms with Gasteiger partial charge in [-0.3, -0.25) is 4.90 Å². The number of nitrogens with zero attached hydrogens (tertiary/aromatic N) is 2. The van der Waals surface area contributed by atoms with E-state index in [2.05, 4.69) is 49.0 Å². The summed E-state index contributed by atoms with van der Waals surface area (Å²) in [7, 11) is 0. The third-order valence-electron chi connectivity index (χ3n) is 5.11. The fourth-order valence-corrected chi connectivity index (χ4v) is 4.80. The summed E-state index contributed by atoms with van der Waals surface area (Å²) in [5, 5.41) is 0. The second-order valence-electron chi connectivity index (χ2n) is 7.19. The SMILES string of the molecule is Cc1cc(C)c(SN2CCC(N3CCC(C)OC3)CC2)c(C)c1. The Morgan fingerprint density at radius 3 is 2.22 bits per heavy atom. The van der Waals surface area contributed by atoms with E-state index in [1.165, 1.54) is 60.5 Å². The Balaban J connectivity index is 1.53. The Bertz CT molecular complexity index is 509. The molecular weight excluding hydrogens is 304 g/mol. The third-order valence-corrected chi connectivity index (χ3v) is 6.56. The van der Waals surface area contributed by atoms with Crippen LogP contribution >= 0.6 is 11.9 Å². The summed E-state index contributed by atoms with van der Waals surface area (Å²) >= 11 is 1.96. The van der Waals surface area contributed by atoms with Gasteiger partial charge in [0.05, 0.1) is 12.8 Å². The van der Waals surface area contributed by atoms with Crippen LogP contribution < -0.4 is 0 Å². The van der Waals surface area contributed by atoms with Crippen LogP contribution in [0.25, 0.3) is 0 Å². The third kappa shape index (κ3) is 4.30. The van der Waals surface area contributed by atoms with Crippen LogP contribution in [-0.4, -0.2) is 47.7 Å². The van der Waals surface area contributed by atoms with E-state index in [-0.39, 0.29) is 0 Å². The van der Waals surface area contributed by atoms with Crippen molar-refractivity contribution in [1.82, 2.24) is 9.21 Å². The van der Waals surface area contributed by atoms with Crippen LogP contribution in [0.15, 0.2) is 17.0 Å². The molecule has 0 amide bonds. The highest BCUT2D eigenvalue weighted by Crippen LogP contribution is 2.33. The van der Waals surface area contributed by atoms with Crippen molar-refractivity contribution in [3.63, 3.8) is 0 Å². The van der Waals surface area contributed by atoms with E-state index in [1.54, 1.807) is 0 Å². The maximum atomic E-state index is 5.82. The molecule has 128 valence electrons.